The Morgan fingerprint density at radius 3 is 2.47 bits per heavy atom. The van der Waals surface area contributed by atoms with Crippen molar-refractivity contribution in [3.05, 3.63) is 116 Å². The SMILES string of the molecule is CCc1cc(=O)[nH]c(-c2cccc(NC(=O)c3cccc4c(=O)c(C)c(-c5ccccc5)oc34)c2)n1. The Bertz CT molecular complexity index is 1720. The number of nitrogens with zero attached hydrogens (tertiary/aromatic N) is 1. The molecule has 0 unspecified atom stereocenters. The predicted octanol–water partition coefficient (Wildman–Crippen LogP) is 5.33. The first-order valence-electron chi connectivity index (χ1n) is 11.6. The lowest BCUT2D eigenvalue weighted by Crippen LogP contribution is -2.15. The second-order valence-electron chi connectivity index (χ2n) is 8.41. The van der Waals surface area contributed by atoms with E-state index in [1.165, 1.54) is 6.07 Å². The van der Waals surface area contributed by atoms with Gasteiger partial charge >= 0.3 is 0 Å². The minimum Gasteiger partial charge on any atom is -0.455 e. The lowest BCUT2D eigenvalue weighted by Gasteiger charge is -2.11. The number of aromatic nitrogens is 2. The van der Waals surface area contributed by atoms with E-state index in [-0.39, 0.29) is 22.1 Å². The lowest BCUT2D eigenvalue weighted by atomic mass is 10.0. The van der Waals surface area contributed by atoms with Crippen LogP contribution in [-0.4, -0.2) is 15.9 Å². The van der Waals surface area contributed by atoms with Crippen molar-refractivity contribution < 1.29 is 9.21 Å². The zero-order chi connectivity index (χ0) is 25.2. The van der Waals surface area contributed by atoms with Crippen molar-refractivity contribution in [2.24, 2.45) is 0 Å². The predicted molar refractivity (Wildman–Crippen MR) is 140 cm³/mol. The van der Waals surface area contributed by atoms with Crippen LogP contribution in [0.15, 0.2) is 92.9 Å². The van der Waals surface area contributed by atoms with Gasteiger partial charge < -0.3 is 14.7 Å². The average Bonchev–Trinajstić information content (AvgIpc) is 2.90. The van der Waals surface area contributed by atoms with Gasteiger partial charge in [0.2, 0.25) is 0 Å². The summed E-state index contributed by atoms with van der Waals surface area (Å²) in [6.07, 6.45) is 0.629. The Morgan fingerprint density at radius 2 is 1.69 bits per heavy atom. The Morgan fingerprint density at radius 1 is 0.944 bits per heavy atom. The molecule has 0 fully saturated rings. The standard InChI is InChI=1S/C29H23N3O4/c1-3-20-16-24(33)32-28(30-20)19-11-7-12-21(15-19)31-29(35)23-14-8-13-22-25(34)17(2)26(36-27(22)23)18-9-5-4-6-10-18/h4-16H,3H2,1-2H3,(H,31,35)(H,30,32,33). The molecule has 0 aliphatic rings. The Hall–Kier alpha value is -4.78. The molecule has 7 heteroatoms. The molecule has 5 aromatic rings. The highest BCUT2D eigenvalue weighted by Gasteiger charge is 2.18. The van der Waals surface area contributed by atoms with Gasteiger partial charge in [-0.05, 0) is 37.6 Å². The number of aryl methyl sites for hydroxylation is 1. The highest BCUT2D eigenvalue weighted by Crippen LogP contribution is 2.28. The van der Waals surface area contributed by atoms with E-state index in [9.17, 15) is 14.4 Å². The van der Waals surface area contributed by atoms with Gasteiger partial charge in [-0.15, -0.1) is 0 Å². The third kappa shape index (κ3) is 4.34. The molecule has 36 heavy (non-hydrogen) atoms. The summed E-state index contributed by atoms with van der Waals surface area (Å²) in [5.41, 5.74) is 3.14. The molecule has 0 bridgehead atoms. The first-order chi connectivity index (χ1) is 17.4. The van der Waals surface area contributed by atoms with Crippen LogP contribution in [0.2, 0.25) is 0 Å². The van der Waals surface area contributed by atoms with Crippen molar-refractivity contribution >= 4 is 22.6 Å². The topological polar surface area (TPSA) is 105 Å². The molecule has 0 aliphatic heterocycles. The van der Waals surface area contributed by atoms with E-state index in [1.54, 1.807) is 49.4 Å². The third-order valence-electron chi connectivity index (χ3n) is 5.98. The van der Waals surface area contributed by atoms with Crippen LogP contribution in [-0.2, 0) is 6.42 Å². The van der Waals surface area contributed by atoms with E-state index in [2.05, 4.69) is 15.3 Å². The monoisotopic (exact) mass is 477 g/mol. The molecule has 2 aromatic heterocycles. The summed E-state index contributed by atoms with van der Waals surface area (Å²) in [6.45, 7) is 3.65. The van der Waals surface area contributed by atoms with Crippen LogP contribution < -0.4 is 16.3 Å². The number of amides is 1. The van der Waals surface area contributed by atoms with E-state index in [4.69, 9.17) is 4.42 Å². The number of H-pyrrole nitrogens is 1. The van der Waals surface area contributed by atoms with Crippen LogP contribution in [0.4, 0.5) is 5.69 Å². The number of hydrogen-bond acceptors (Lipinski definition) is 5. The summed E-state index contributed by atoms with van der Waals surface area (Å²) in [6, 6.07) is 22.8. The van der Waals surface area contributed by atoms with Crippen LogP contribution in [0.25, 0.3) is 33.7 Å². The zero-order valence-electron chi connectivity index (χ0n) is 19.8. The number of carbonyl (C=O) groups excluding carboxylic acids is 1. The van der Waals surface area contributed by atoms with E-state index >= 15 is 0 Å². The maximum atomic E-state index is 13.3. The molecule has 2 heterocycles. The summed E-state index contributed by atoms with van der Waals surface area (Å²) in [4.78, 5) is 45.7. The van der Waals surface area contributed by atoms with Gasteiger partial charge in [-0.3, -0.25) is 14.4 Å². The summed E-state index contributed by atoms with van der Waals surface area (Å²) in [7, 11) is 0. The van der Waals surface area contributed by atoms with Crippen LogP contribution in [0, 0.1) is 6.92 Å². The maximum Gasteiger partial charge on any atom is 0.259 e. The average molecular weight is 478 g/mol. The molecule has 5 rings (SSSR count). The van der Waals surface area contributed by atoms with Gasteiger partial charge in [-0.2, -0.15) is 0 Å². The Labute approximate surface area is 206 Å². The highest BCUT2D eigenvalue weighted by atomic mass is 16.3. The number of anilines is 1. The molecule has 0 aliphatic carbocycles. The maximum absolute atomic E-state index is 13.3. The van der Waals surface area contributed by atoms with Crippen LogP contribution in [0.5, 0.6) is 0 Å². The largest absolute Gasteiger partial charge is 0.455 e. The zero-order valence-corrected chi connectivity index (χ0v) is 19.8. The van der Waals surface area contributed by atoms with Crippen LogP contribution in [0.1, 0.15) is 28.5 Å². The third-order valence-corrected chi connectivity index (χ3v) is 5.98. The van der Waals surface area contributed by atoms with Crippen LogP contribution in [0.3, 0.4) is 0 Å². The molecule has 2 N–H and O–H groups in total. The van der Waals surface area contributed by atoms with Gasteiger partial charge in [-0.1, -0.05) is 55.5 Å². The number of rotatable bonds is 5. The van der Waals surface area contributed by atoms with Gasteiger partial charge in [0.25, 0.3) is 11.5 Å². The molecule has 0 saturated carbocycles. The summed E-state index contributed by atoms with van der Waals surface area (Å²) >= 11 is 0. The second kappa shape index (κ2) is 9.46. The fourth-order valence-electron chi connectivity index (χ4n) is 4.12. The van der Waals surface area contributed by atoms with Gasteiger partial charge in [0.15, 0.2) is 11.0 Å². The minimum atomic E-state index is -0.424. The van der Waals surface area contributed by atoms with Gasteiger partial charge in [-0.25, -0.2) is 4.98 Å². The molecule has 0 atom stereocenters. The minimum absolute atomic E-state index is 0.183. The molecular formula is C29H23N3O4. The molecule has 0 saturated heterocycles. The number of hydrogen-bond donors (Lipinski definition) is 2. The quantitative estimate of drug-likeness (QED) is 0.356. The van der Waals surface area contributed by atoms with Crippen molar-refractivity contribution in [1.29, 1.82) is 0 Å². The lowest BCUT2D eigenvalue weighted by molar-refractivity contribution is 0.102. The summed E-state index contributed by atoms with van der Waals surface area (Å²) < 4.78 is 6.17. The number of carbonyl (C=O) groups is 1. The number of para-hydroxylation sites is 1. The summed E-state index contributed by atoms with van der Waals surface area (Å²) in [5, 5.41) is 3.22. The van der Waals surface area contributed by atoms with E-state index < -0.39 is 5.91 Å². The fourth-order valence-corrected chi connectivity index (χ4v) is 4.12. The number of nitrogens with one attached hydrogen (secondary N) is 2. The first-order valence-corrected chi connectivity index (χ1v) is 11.6. The van der Waals surface area contributed by atoms with Crippen molar-refractivity contribution in [1.82, 2.24) is 9.97 Å². The first kappa shape index (κ1) is 23.0. The molecule has 0 radical (unpaired) electrons. The van der Waals surface area contributed by atoms with Gasteiger partial charge in [0.05, 0.1) is 10.9 Å². The van der Waals surface area contributed by atoms with E-state index in [0.717, 1.165) is 5.56 Å². The molecule has 7 nitrogen and oxygen atoms in total. The normalized spacial score (nSPS) is 10.9. The molecule has 0 spiro atoms. The molecular weight excluding hydrogens is 454 g/mol. The van der Waals surface area contributed by atoms with Crippen LogP contribution >= 0.6 is 0 Å². The molecule has 1 amide bonds. The highest BCUT2D eigenvalue weighted by molar-refractivity contribution is 6.11. The molecule has 3 aromatic carbocycles. The van der Waals surface area contributed by atoms with E-state index in [0.29, 0.717) is 45.9 Å². The smallest absolute Gasteiger partial charge is 0.259 e. The van der Waals surface area contributed by atoms with Crippen molar-refractivity contribution in [2.45, 2.75) is 20.3 Å². The summed E-state index contributed by atoms with van der Waals surface area (Å²) in [5.74, 6) is 0.434. The van der Waals surface area contributed by atoms with Crippen molar-refractivity contribution in [3.8, 4) is 22.7 Å². The Kier molecular flexibility index (Phi) is 6.04. The number of fused-ring (bicyclic) bond motifs is 1. The van der Waals surface area contributed by atoms with Gasteiger partial charge in [0, 0.05) is 34.1 Å². The second-order valence-corrected chi connectivity index (χ2v) is 8.41. The fraction of sp³-hybridized carbons (Fsp3) is 0.103. The number of benzene rings is 3. The van der Waals surface area contributed by atoms with E-state index in [1.807, 2.05) is 37.3 Å². The van der Waals surface area contributed by atoms with Gasteiger partial charge in [0.1, 0.15) is 11.6 Å². The number of aromatic amines is 1. The molecule has 178 valence electrons. The van der Waals surface area contributed by atoms with Crippen molar-refractivity contribution in [2.75, 3.05) is 5.32 Å². The Balaban J connectivity index is 1.54. The van der Waals surface area contributed by atoms with Crippen molar-refractivity contribution in [3.63, 3.8) is 0 Å².